The third-order valence-corrected chi connectivity index (χ3v) is 5.00. The van der Waals surface area contributed by atoms with Gasteiger partial charge in [-0.2, -0.15) is 0 Å². The molecular formula is C23H30N2O2. The summed E-state index contributed by atoms with van der Waals surface area (Å²) in [4.78, 5) is 15.1. The number of carbonyl (C=O) groups excluding carboxylic acids is 1. The van der Waals surface area contributed by atoms with Gasteiger partial charge in [-0.25, -0.2) is 0 Å². The minimum absolute atomic E-state index is 0.0987. The lowest BCUT2D eigenvalue weighted by Gasteiger charge is -2.17. The van der Waals surface area contributed by atoms with Crippen LogP contribution in [0.2, 0.25) is 0 Å². The van der Waals surface area contributed by atoms with Gasteiger partial charge < -0.3 is 10.4 Å². The van der Waals surface area contributed by atoms with Gasteiger partial charge in [-0.1, -0.05) is 24.3 Å². The summed E-state index contributed by atoms with van der Waals surface area (Å²) in [5, 5.41) is 12.9. The molecule has 0 spiro atoms. The Labute approximate surface area is 162 Å². The molecule has 4 heteroatoms. The molecule has 144 valence electrons. The zero-order valence-electron chi connectivity index (χ0n) is 16.4. The lowest BCUT2D eigenvalue weighted by Crippen LogP contribution is -2.19. The van der Waals surface area contributed by atoms with Crippen LogP contribution in [0.3, 0.4) is 0 Å². The molecule has 0 atom stereocenters. The molecule has 2 aromatic rings. The van der Waals surface area contributed by atoms with Crippen LogP contribution in [0.4, 0.5) is 5.69 Å². The van der Waals surface area contributed by atoms with Crippen LogP contribution in [-0.2, 0) is 13.0 Å². The Bertz CT molecular complexity index is 774. The summed E-state index contributed by atoms with van der Waals surface area (Å²) in [6.07, 6.45) is 3.97. The van der Waals surface area contributed by atoms with E-state index < -0.39 is 5.60 Å². The monoisotopic (exact) mass is 366 g/mol. The number of carbonyl (C=O) groups is 1. The standard InChI is InChI=1S/C23H30N2O2/c1-23(2,27)12-11-18-7-5-9-20(15-18)22(26)24-21-10-6-8-19(16-21)17-25-13-3-4-14-25/h5-10,15-16,27H,3-4,11-14,17H2,1-2H3,(H,24,26). The first-order valence-electron chi connectivity index (χ1n) is 9.83. The number of nitrogens with zero attached hydrogens (tertiary/aromatic N) is 1. The van der Waals surface area contributed by atoms with Gasteiger partial charge in [0, 0.05) is 17.8 Å². The molecule has 0 saturated carbocycles. The highest BCUT2D eigenvalue weighted by atomic mass is 16.3. The van der Waals surface area contributed by atoms with Crippen LogP contribution in [-0.4, -0.2) is 34.6 Å². The topological polar surface area (TPSA) is 52.6 Å². The first kappa shape index (κ1) is 19.6. The van der Waals surface area contributed by atoms with Gasteiger partial charge in [-0.05, 0) is 88.0 Å². The number of aliphatic hydroxyl groups is 1. The molecule has 1 aliphatic heterocycles. The predicted octanol–water partition coefficient (Wildman–Crippen LogP) is 4.24. The summed E-state index contributed by atoms with van der Waals surface area (Å²) in [7, 11) is 0. The van der Waals surface area contributed by atoms with E-state index in [4.69, 9.17) is 0 Å². The van der Waals surface area contributed by atoms with Gasteiger partial charge in [0.15, 0.2) is 0 Å². The van der Waals surface area contributed by atoms with Gasteiger partial charge in [-0.3, -0.25) is 9.69 Å². The first-order valence-corrected chi connectivity index (χ1v) is 9.83. The van der Waals surface area contributed by atoms with Crippen LogP contribution in [0.1, 0.15) is 54.6 Å². The summed E-state index contributed by atoms with van der Waals surface area (Å²) in [6, 6.07) is 15.8. The predicted molar refractivity (Wildman–Crippen MR) is 110 cm³/mol. The van der Waals surface area contributed by atoms with E-state index in [1.807, 2.05) is 36.4 Å². The number of benzene rings is 2. The molecule has 1 saturated heterocycles. The minimum Gasteiger partial charge on any atom is -0.390 e. The number of nitrogens with one attached hydrogen (secondary N) is 1. The molecule has 1 aliphatic rings. The largest absolute Gasteiger partial charge is 0.390 e. The van der Waals surface area contributed by atoms with Crippen LogP contribution < -0.4 is 5.32 Å². The average Bonchev–Trinajstić information content (AvgIpc) is 3.13. The van der Waals surface area contributed by atoms with Crippen molar-refractivity contribution in [1.29, 1.82) is 0 Å². The van der Waals surface area contributed by atoms with Crippen molar-refractivity contribution in [3.05, 3.63) is 65.2 Å². The summed E-state index contributed by atoms with van der Waals surface area (Å²) < 4.78 is 0. The van der Waals surface area contributed by atoms with Gasteiger partial charge in [-0.15, -0.1) is 0 Å². The van der Waals surface area contributed by atoms with Gasteiger partial charge in [0.2, 0.25) is 0 Å². The Balaban J connectivity index is 1.63. The van der Waals surface area contributed by atoms with Crippen molar-refractivity contribution in [2.24, 2.45) is 0 Å². The highest BCUT2D eigenvalue weighted by molar-refractivity contribution is 6.04. The molecule has 1 amide bonds. The third kappa shape index (κ3) is 6.19. The van der Waals surface area contributed by atoms with Crippen molar-refractivity contribution in [3.8, 4) is 0 Å². The Kier molecular flexibility index (Phi) is 6.30. The van der Waals surface area contributed by atoms with Gasteiger partial charge in [0.25, 0.3) is 5.91 Å². The lowest BCUT2D eigenvalue weighted by molar-refractivity contribution is 0.0714. The highest BCUT2D eigenvalue weighted by Gasteiger charge is 2.14. The van der Waals surface area contributed by atoms with Crippen LogP contribution in [0.25, 0.3) is 0 Å². The zero-order chi connectivity index (χ0) is 19.3. The summed E-state index contributed by atoms with van der Waals surface area (Å²) in [5.74, 6) is -0.0987. The molecule has 2 N–H and O–H groups in total. The molecule has 27 heavy (non-hydrogen) atoms. The fourth-order valence-corrected chi connectivity index (χ4v) is 3.47. The summed E-state index contributed by atoms with van der Waals surface area (Å²) in [6.45, 7) is 6.87. The van der Waals surface area contributed by atoms with Gasteiger partial charge in [0.05, 0.1) is 5.60 Å². The number of likely N-dealkylation sites (tertiary alicyclic amines) is 1. The highest BCUT2D eigenvalue weighted by Crippen LogP contribution is 2.18. The lowest BCUT2D eigenvalue weighted by atomic mass is 9.98. The molecule has 2 aromatic carbocycles. The second-order valence-electron chi connectivity index (χ2n) is 8.15. The molecule has 0 unspecified atom stereocenters. The molecule has 0 aromatic heterocycles. The SMILES string of the molecule is CC(C)(O)CCc1cccc(C(=O)Nc2cccc(CN3CCCC3)c2)c1. The Hall–Kier alpha value is -2.17. The van der Waals surface area contributed by atoms with E-state index in [1.54, 1.807) is 13.8 Å². The quantitative estimate of drug-likeness (QED) is 0.771. The van der Waals surface area contributed by atoms with E-state index in [0.29, 0.717) is 12.0 Å². The smallest absolute Gasteiger partial charge is 0.255 e. The maximum atomic E-state index is 12.7. The van der Waals surface area contributed by atoms with Crippen molar-refractivity contribution in [2.75, 3.05) is 18.4 Å². The van der Waals surface area contributed by atoms with Crippen molar-refractivity contribution < 1.29 is 9.90 Å². The van der Waals surface area contributed by atoms with Crippen LogP contribution in [0.15, 0.2) is 48.5 Å². The van der Waals surface area contributed by atoms with E-state index >= 15 is 0 Å². The van der Waals surface area contributed by atoms with Crippen LogP contribution >= 0.6 is 0 Å². The van der Waals surface area contributed by atoms with Crippen LogP contribution in [0, 0.1) is 0 Å². The Morgan fingerprint density at radius 2 is 1.78 bits per heavy atom. The number of hydrogen-bond donors (Lipinski definition) is 2. The molecular weight excluding hydrogens is 336 g/mol. The number of rotatable bonds is 7. The van der Waals surface area contributed by atoms with Crippen molar-refractivity contribution in [1.82, 2.24) is 4.90 Å². The summed E-state index contributed by atoms with van der Waals surface area (Å²) >= 11 is 0. The zero-order valence-corrected chi connectivity index (χ0v) is 16.4. The fourth-order valence-electron chi connectivity index (χ4n) is 3.47. The van der Waals surface area contributed by atoms with E-state index in [0.717, 1.165) is 37.3 Å². The van der Waals surface area contributed by atoms with E-state index in [9.17, 15) is 9.90 Å². The maximum Gasteiger partial charge on any atom is 0.255 e. The first-order chi connectivity index (χ1) is 12.9. The normalized spacial score (nSPS) is 15.1. The Morgan fingerprint density at radius 3 is 2.52 bits per heavy atom. The van der Waals surface area contributed by atoms with Crippen molar-refractivity contribution in [3.63, 3.8) is 0 Å². The van der Waals surface area contributed by atoms with Gasteiger partial charge in [0.1, 0.15) is 0 Å². The molecule has 4 nitrogen and oxygen atoms in total. The third-order valence-electron chi connectivity index (χ3n) is 5.00. The molecule has 0 aliphatic carbocycles. The van der Waals surface area contributed by atoms with E-state index in [-0.39, 0.29) is 5.91 Å². The molecule has 0 bridgehead atoms. The van der Waals surface area contributed by atoms with Crippen LogP contribution in [0.5, 0.6) is 0 Å². The molecule has 0 radical (unpaired) electrons. The number of aryl methyl sites for hydroxylation is 1. The summed E-state index contributed by atoms with van der Waals surface area (Å²) in [5.41, 5.74) is 3.07. The van der Waals surface area contributed by atoms with Crippen molar-refractivity contribution >= 4 is 11.6 Å². The molecule has 1 heterocycles. The molecule has 1 fully saturated rings. The van der Waals surface area contributed by atoms with E-state index in [1.165, 1.54) is 18.4 Å². The average molecular weight is 367 g/mol. The van der Waals surface area contributed by atoms with E-state index in [2.05, 4.69) is 22.3 Å². The minimum atomic E-state index is -0.700. The maximum absolute atomic E-state index is 12.7. The number of anilines is 1. The number of hydrogen-bond acceptors (Lipinski definition) is 3. The Morgan fingerprint density at radius 1 is 1.07 bits per heavy atom. The second kappa shape index (κ2) is 8.68. The second-order valence-corrected chi connectivity index (χ2v) is 8.15. The van der Waals surface area contributed by atoms with Crippen molar-refractivity contribution in [2.45, 2.75) is 51.7 Å². The molecule has 3 rings (SSSR count). The van der Waals surface area contributed by atoms with Gasteiger partial charge >= 0.3 is 0 Å². The number of amides is 1. The fraction of sp³-hybridized carbons (Fsp3) is 0.435.